The lowest BCUT2D eigenvalue weighted by atomic mass is 10.1. The van der Waals surface area contributed by atoms with Crippen LogP contribution in [0.2, 0.25) is 0 Å². The summed E-state index contributed by atoms with van der Waals surface area (Å²) in [6, 6.07) is 11.6. The fraction of sp³-hybridized carbons (Fsp3) is 0.250. The second-order valence-corrected chi connectivity index (χ2v) is 7.61. The van der Waals surface area contributed by atoms with Gasteiger partial charge in [-0.25, -0.2) is 8.78 Å². The van der Waals surface area contributed by atoms with Crippen LogP contribution in [0.1, 0.15) is 29.1 Å². The van der Waals surface area contributed by atoms with Gasteiger partial charge in [-0.15, -0.1) is 10.2 Å². The molecule has 1 heterocycles. The number of hydrogen-bond acceptors (Lipinski definition) is 4. The summed E-state index contributed by atoms with van der Waals surface area (Å²) in [4.78, 5) is 13.6. The van der Waals surface area contributed by atoms with Gasteiger partial charge in [-0.2, -0.15) is 0 Å². The molecule has 0 amide bonds. The van der Waals surface area contributed by atoms with Crippen molar-refractivity contribution in [3.63, 3.8) is 0 Å². The van der Waals surface area contributed by atoms with Crippen molar-refractivity contribution in [3.8, 4) is 5.69 Å². The number of hydrogen-bond donors (Lipinski definition) is 1. The van der Waals surface area contributed by atoms with Crippen LogP contribution in [0.25, 0.3) is 5.69 Å². The monoisotopic (exact) mass is 403 g/mol. The van der Waals surface area contributed by atoms with Crippen molar-refractivity contribution in [1.82, 2.24) is 14.8 Å². The van der Waals surface area contributed by atoms with Crippen LogP contribution in [0, 0.1) is 11.6 Å². The van der Waals surface area contributed by atoms with Crippen molar-refractivity contribution in [1.29, 1.82) is 0 Å². The number of nitrogens with one attached hydrogen (secondary N) is 1. The van der Waals surface area contributed by atoms with Gasteiger partial charge in [0.25, 0.3) is 0 Å². The summed E-state index contributed by atoms with van der Waals surface area (Å²) in [5.41, 5.74) is 1.17. The van der Waals surface area contributed by atoms with Crippen LogP contribution in [-0.2, 0) is 0 Å². The Balaban J connectivity index is 1.89. The van der Waals surface area contributed by atoms with Crippen molar-refractivity contribution >= 4 is 17.5 Å². The van der Waals surface area contributed by atoms with E-state index < -0.39 is 0 Å². The number of halogens is 2. The summed E-state index contributed by atoms with van der Waals surface area (Å²) in [7, 11) is 4.03. The second kappa shape index (κ2) is 8.62. The first-order chi connectivity index (χ1) is 13.4. The smallest absolute Gasteiger partial charge is 0.196 e. The highest BCUT2D eigenvalue weighted by Gasteiger charge is 2.24. The van der Waals surface area contributed by atoms with Crippen LogP contribution in [-0.4, -0.2) is 40.4 Å². The van der Waals surface area contributed by atoms with Crippen molar-refractivity contribution in [3.05, 3.63) is 71.6 Å². The topological polar surface area (TPSA) is 52.2 Å². The molecule has 0 bridgehead atoms. The predicted molar refractivity (Wildman–Crippen MR) is 104 cm³/mol. The van der Waals surface area contributed by atoms with Crippen LogP contribution in [0.3, 0.4) is 0 Å². The Morgan fingerprint density at radius 1 is 1.04 bits per heavy atom. The maximum absolute atomic E-state index is 13.4. The molecule has 0 fully saturated rings. The highest BCUT2D eigenvalue weighted by molar-refractivity contribution is 7.99. The Bertz CT molecular complexity index is 955. The Kier molecular flexibility index (Phi) is 6.21. The second-order valence-electron chi connectivity index (χ2n) is 6.67. The SMILES string of the molecule is C[C@@H](c1nnc(SCC(=O)c2ccc(F)cc2)n1-c1ccc(F)cc1)[NH+](C)C. The number of rotatable bonds is 7. The Morgan fingerprint density at radius 2 is 1.61 bits per heavy atom. The number of ketones is 1. The molecule has 146 valence electrons. The van der Waals surface area contributed by atoms with Gasteiger partial charge < -0.3 is 4.90 Å². The number of carbonyl (C=O) groups is 1. The van der Waals surface area contributed by atoms with E-state index in [4.69, 9.17) is 0 Å². The Morgan fingerprint density at radius 3 is 2.18 bits per heavy atom. The van der Waals surface area contributed by atoms with Gasteiger partial charge in [-0.1, -0.05) is 11.8 Å². The first-order valence-corrected chi connectivity index (χ1v) is 9.78. The molecular weight excluding hydrogens is 382 g/mol. The molecule has 0 spiro atoms. The van der Waals surface area contributed by atoms with E-state index in [2.05, 4.69) is 10.2 Å². The zero-order valence-electron chi connectivity index (χ0n) is 15.8. The molecule has 0 aliphatic rings. The van der Waals surface area contributed by atoms with E-state index in [1.807, 2.05) is 25.6 Å². The van der Waals surface area contributed by atoms with Crippen LogP contribution < -0.4 is 4.90 Å². The highest BCUT2D eigenvalue weighted by atomic mass is 32.2. The van der Waals surface area contributed by atoms with E-state index in [0.29, 0.717) is 10.7 Å². The van der Waals surface area contributed by atoms with E-state index in [1.165, 1.54) is 48.2 Å². The summed E-state index contributed by atoms with van der Waals surface area (Å²) in [6.45, 7) is 2.03. The lowest BCUT2D eigenvalue weighted by Crippen LogP contribution is -3.05. The van der Waals surface area contributed by atoms with E-state index in [-0.39, 0.29) is 29.2 Å². The largest absolute Gasteiger partial charge is 0.331 e. The first kappa shape index (κ1) is 20.2. The van der Waals surface area contributed by atoms with Gasteiger partial charge in [0.2, 0.25) is 0 Å². The molecule has 0 aliphatic carbocycles. The van der Waals surface area contributed by atoms with Crippen molar-refractivity contribution in [2.45, 2.75) is 18.1 Å². The molecule has 1 N–H and O–H groups in total. The molecule has 0 unspecified atom stereocenters. The molecule has 8 heteroatoms. The van der Waals surface area contributed by atoms with Gasteiger partial charge in [0.1, 0.15) is 17.7 Å². The predicted octanol–water partition coefficient (Wildman–Crippen LogP) is 2.73. The summed E-state index contributed by atoms with van der Waals surface area (Å²) in [5, 5.41) is 9.12. The van der Waals surface area contributed by atoms with Gasteiger partial charge in [0, 0.05) is 11.3 Å². The van der Waals surface area contributed by atoms with E-state index in [1.54, 1.807) is 12.1 Å². The van der Waals surface area contributed by atoms with Crippen LogP contribution in [0.5, 0.6) is 0 Å². The van der Waals surface area contributed by atoms with Gasteiger partial charge in [-0.05, 0) is 55.5 Å². The van der Waals surface area contributed by atoms with Crippen LogP contribution in [0.4, 0.5) is 8.78 Å². The number of aromatic nitrogens is 3. The summed E-state index contributed by atoms with van der Waals surface area (Å²) < 4.78 is 28.3. The zero-order chi connectivity index (χ0) is 20.3. The fourth-order valence-electron chi connectivity index (χ4n) is 2.60. The Labute approximate surface area is 166 Å². The van der Waals surface area contributed by atoms with Crippen LogP contribution in [0.15, 0.2) is 53.7 Å². The zero-order valence-corrected chi connectivity index (χ0v) is 16.6. The molecule has 3 aromatic rings. The minimum Gasteiger partial charge on any atom is -0.331 e. The number of thioether (sulfide) groups is 1. The molecule has 2 aromatic carbocycles. The van der Waals surface area contributed by atoms with Gasteiger partial charge in [0.15, 0.2) is 16.8 Å². The van der Waals surface area contributed by atoms with Crippen molar-refractivity contribution in [2.75, 3.05) is 19.8 Å². The Hall–Kier alpha value is -2.58. The van der Waals surface area contributed by atoms with Crippen molar-refractivity contribution in [2.24, 2.45) is 0 Å². The molecule has 1 aromatic heterocycles. The van der Waals surface area contributed by atoms with E-state index in [0.717, 1.165) is 16.4 Å². The van der Waals surface area contributed by atoms with Gasteiger partial charge in [0.05, 0.1) is 19.8 Å². The molecule has 0 aliphatic heterocycles. The first-order valence-electron chi connectivity index (χ1n) is 8.79. The number of nitrogens with zero attached hydrogens (tertiary/aromatic N) is 3. The molecule has 0 radical (unpaired) electrons. The molecule has 5 nitrogen and oxygen atoms in total. The minimum atomic E-state index is -0.384. The number of Topliss-reactive ketones (excluding diaryl/α,β-unsaturated/α-hetero) is 1. The molecule has 0 saturated heterocycles. The molecule has 3 rings (SSSR count). The highest BCUT2D eigenvalue weighted by Crippen LogP contribution is 2.25. The molecule has 28 heavy (non-hydrogen) atoms. The third kappa shape index (κ3) is 4.45. The summed E-state index contributed by atoms with van der Waals surface area (Å²) in [6.07, 6.45) is 0. The average Bonchev–Trinajstić information content (AvgIpc) is 3.10. The van der Waals surface area contributed by atoms with Gasteiger partial charge in [-0.3, -0.25) is 9.36 Å². The quantitative estimate of drug-likeness (QED) is 0.487. The number of benzene rings is 2. The number of carbonyl (C=O) groups excluding carboxylic acids is 1. The third-order valence-corrected chi connectivity index (χ3v) is 5.42. The normalized spacial score (nSPS) is 12.4. The van der Waals surface area contributed by atoms with Crippen LogP contribution >= 0.6 is 11.8 Å². The standard InChI is InChI=1S/C20H20F2N4OS/c1-13(25(2)3)19-23-24-20(26(19)17-10-8-16(22)9-11-17)28-12-18(27)14-4-6-15(21)7-5-14/h4-11,13H,12H2,1-3H3/p+1/t13-/m0/s1. The van der Waals surface area contributed by atoms with Crippen molar-refractivity contribution < 1.29 is 18.5 Å². The lowest BCUT2D eigenvalue weighted by Gasteiger charge is -2.18. The maximum atomic E-state index is 13.4. The molecule has 0 saturated carbocycles. The summed E-state index contributed by atoms with van der Waals surface area (Å²) >= 11 is 1.25. The lowest BCUT2D eigenvalue weighted by molar-refractivity contribution is -0.890. The van der Waals surface area contributed by atoms with E-state index >= 15 is 0 Å². The number of quaternary nitrogens is 1. The molecular formula is C20H21F2N4OS+. The van der Waals surface area contributed by atoms with E-state index in [9.17, 15) is 13.6 Å². The average molecular weight is 403 g/mol. The molecule has 1 atom stereocenters. The maximum Gasteiger partial charge on any atom is 0.196 e. The van der Waals surface area contributed by atoms with Gasteiger partial charge >= 0.3 is 0 Å². The third-order valence-electron chi connectivity index (χ3n) is 4.50. The minimum absolute atomic E-state index is 0.0414. The fourth-order valence-corrected chi connectivity index (χ4v) is 3.45. The summed E-state index contributed by atoms with van der Waals surface area (Å²) in [5.74, 6) is 0.0130.